The van der Waals surface area contributed by atoms with E-state index in [1.807, 2.05) is 0 Å². The SMILES string of the molecule is Cc1ccc(N(c2ccc(C(C)(C)C)cc2)c2ccc3c(c2)C(C)(C)c2cc(C=Cc4ccc(N(c5ccccc5)c5ccccc5)cc4)ccc2-3)cc1. The number of fused-ring (bicyclic) bond motifs is 3. The summed E-state index contributed by atoms with van der Waals surface area (Å²) in [6, 6.07) is 61.8. The van der Waals surface area contributed by atoms with E-state index < -0.39 is 0 Å². The highest BCUT2D eigenvalue weighted by atomic mass is 15.1. The second kappa shape index (κ2) is 14.0. The first kappa shape index (κ1) is 34.9. The van der Waals surface area contributed by atoms with Gasteiger partial charge in [0.25, 0.3) is 0 Å². The molecule has 0 saturated carbocycles. The molecular weight excluding hydrogens is 653 g/mol. The molecule has 0 radical (unpaired) electrons. The van der Waals surface area contributed by atoms with Crippen molar-refractivity contribution in [3.63, 3.8) is 0 Å². The average Bonchev–Trinajstić information content (AvgIpc) is 3.41. The van der Waals surface area contributed by atoms with E-state index in [4.69, 9.17) is 0 Å². The van der Waals surface area contributed by atoms with Crippen LogP contribution in [-0.4, -0.2) is 0 Å². The largest absolute Gasteiger partial charge is 0.311 e. The molecule has 0 heterocycles. The van der Waals surface area contributed by atoms with Crippen LogP contribution in [0.5, 0.6) is 0 Å². The molecule has 7 aromatic carbocycles. The summed E-state index contributed by atoms with van der Waals surface area (Å²) in [6.07, 6.45) is 4.46. The molecule has 54 heavy (non-hydrogen) atoms. The zero-order chi connectivity index (χ0) is 37.5. The summed E-state index contributed by atoms with van der Waals surface area (Å²) >= 11 is 0. The molecule has 0 aromatic heterocycles. The lowest BCUT2D eigenvalue weighted by molar-refractivity contribution is 0.590. The number of hydrogen-bond acceptors (Lipinski definition) is 2. The van der Waals surface area contributed by atoms with Gasteiger partial charge in [-0.05, 0) is 124 Å². The van der Waals surface area contributed by atoms with Gasteiger partial charge < -0.3 is 9.80 Å². The number of nitrogens with zero attached hydrogens (tertiary/aromatic N) is 2. The summed E-state index contributed by atoms with van der Waals surface area (Å²) in [5.41, 5.74) is 17.2. The number of hydrogen-bond donors (Lipinski definition) is 0. The quantitative estimate of drug-likeness (QED) is 0.146. The Kier molecular flexibility index (Phi) is 9.07. The van der Waals surface area contributed by atoms with Crippen molar-refractivity contribution in [2.24, 2.45) is 0 Å². The van der Waals surface area contributed by atoms with Crippen LogP contribution in [-0.2, 0) is 10.8 Å². The Bertz CT molecular complexity index is 2370. The predicted molar refractivity (Wildman–Crippen MR) is 232 cm³/mol. The zero-order valence-electron chi connectivity index (χ0n) is 32.2. The molecule has 0 fully saturated rings. The molecule has 1 aliphatic rings. The van der Waals surface area contributed by atoms with Crippen molar-refractivity contribution in [3.8, 4) is 11.1 Å². The van der Waals surface area contributed by atoms with Gasteiger partial charge in [0, 0.05) is 39.5 Å². The number of para-hydroxylation sites is 2. The summed E-state index contributed by atoms with van der Waals surface area (Å²) < 4.78 is 0. The third-order valence-electron chi connectivity index (χ3n) is 10.9. The number of rotatable bonds is 8. The second-order valence-electron chi connectivity index (χ2n) is 16.1. The molecule has 8 rings (SSSR count). The molecule has 2 nitrogen and oxygen atoms in total. The highest BCUT2D eigenvalue weighted by Gasteiger charge is 2.36. The first-order valence-corrected chi connectivity index (χ1v) is 19.0. The lowest BCUT2D eigenvalue weighted by Gasteiger charge is -2.29. The fourth-order valence-electron chi connectivity index (χ4n) is 7.77. The Morgan fingerprint density at radius 3 is 1.39 bits per heavy atom. The van der Waals surface area contributed by atoms with Crippen LogP contribution in [0.2, 0.25) is 0 Å². The summed E-state index contributed by atoms with van der Waals surface area (Å²) in [4.78, 5) is 4.69. The molecule has 0 unspecified atom stereocenters. The molecule has 0 bridgehead atoms. The van der Waals surface area contributed by atoms with Crippen LogP contribution in [0.15, 0.2) is 170 Å². The van der Waals surface area contributed by atoms with Crippen molar-refractivity contribution in [3.05, 3.63) is 203 Å². The minimum absolute atomic E-state index is 0.0995. The van der Waals surface area contributed by atoms with Crippen LogP contribution in [0, 0.1) is 6.92 Å². The van der Waals surface area contributed by atoms with Crippen LogP contribution in [0.3, 0.4) is 0 Å². The minimum Gasteiger partial charge on any atom is -0.311 e. The fraction of sp³-hybridized carbons (Fsp3) is 0.154. The maximum atomic E-state index is 2.41. The second-order valence-corrected chi connectivity index (χ2v) is 16.1. The molecule has 0 N–H and O–H groups in total. The van der Waals surface area contributed by atoms with E-state index in [1.54, 1.807) is 0 Å². The minimum atomic E-state index is -0.153. The van der Waals surface area contributed by atoms with E-state index in [9.17, 15) is 0 Å². The van der Waals surface area contributed by atoms with Crippen molar-refractivity contribution >= 4 is 46.3 Å². The van der Waals surface area contributed by atoms with Gasteiger partial charge in [-0.3, -0.25) is 0 Å². The van der Waals surface area contributed by atoms with E-state index in [0.717, 1.165) is 28.4 Å². The van der Waals surface area contributed by atoms with Gasteiger partial charge in [0.1, 0.15) is 0 Å². The Labute approximate surface area is 321 Å². The van der Waals surface area contributed by atoms with Gasteiger partial charge in [0.2, 0.25) is 0 Å². The van der Waals surface area contributed by atoms with E-state index >= 15 is 0 Å². The molecule has 266 valence electrons. The third kappa shape index (κ3) is 6.76. The molecule has 0 atom stereocenters. The van der Waals surface area contributed by atoms with Crippen LogP contribution in [0.4, 0.5) is 34.1 Å². The standard InChI is InChI=1S/C52H48N2/c1-37-17-26-43(27-18-37)54(45-30-24-40(25-31-45)51(2,3)4)46-32-34-48-47-33-23-39(35-49(47)52(5,6)50(48)36-46)20-19-38-21-28-44(29-22-38)53(41-13-9-7-10-14-41)42-15-11-8-12-16-42/h7-36H,1-6H3. The molecule has 0 amide bonds. The van der Waals surface area contributed by atoms with Crippen LogP contribution >= 0.6 is 0 Å². The van der Waals surface area contributed by atoms with Gasteiger partial charge in [-0.1, -0.05) is 149 Å². The summed E-state index contributed by atoms with van der Waals surface area (Å²) in [7, 11) is 0. The van der Waals surface area contributed by atoms with Gasteiger partial charge in [-0.25, -0.2) is 0 Å². The highest BCUT2D eigenvalue weighted by Crippen LogP contribution is 2.51. The van der Waals surface area contributed by atoms with Crippen molar-refractivity contribution in [2.75, 3.05) is 9.80 Å². The third-order valence-corrected chi connectivity index (χ3v) is 10.9. The van der Waals surface area contributed by atoms with E-state index in [2.05, 4.69) is 233 Å². The summed E-state index contributed by atoms with van der Waals surface area (Å²) in [5, 5.41) is 0. The van der Waals surface area contributed by atoms with Gasteiger partial charge >= 0.3 is 0 Å². The van der Waals surface area contributed by atoms with Gasteiger partial charge in [-0.2, -0.15) is 0 Å². The molecule has 1 aliphatic carbocycles. The lowest BCUT2D eigenvalue weighted by atomic mass is 9.81. The predicted octanol–water partition coefficient (Wildman–Crippen LogP) is 14.7. The van der Waals surface area contributed by atoms with Crippen LogP contribution in [0.25, 0.3) is 23.3 Å². The number of benzene rings is 7. The molecule has 2 heteroatoms. The van der Waals surface area contributed by atoms with Gasteiger partial charge in [0.15, 0.2) is 0 Å². The first-order valence-electron chi connectivity index (χ1n) is 19.0. The molecule has 0 spiro atoms. The lowest BCUT2D eigenvalue weighted by Crippen LogP contribution is -2.17. The summed E-state index contributed by atoms with van der Waals surface area (Å²) in [6.45, 7) is 13.7. The Morgan fingerprint density at radius 2 is 0.833 bits per heavy atom. The maximum absolute atomic E-state index is 2.41. The number of anilines is 6. The van der Waals surface area contributed by atoms with Crippen molar-refractivity contribution in [2.45, 2.75) is 52.4 Å². The Balaban J connectivity index is 1.08. The zero-order valence-corrected chi connectivity index (χ0v) is 32.2. The Hall–Kier alpha value is -6.12. The normalized spacial score (nSPS) is 13.1. The molecular formula is C52H48N2. The Morgan fingerprint density at radius 1 is 0.426 bits per heavy atom. The summed E-state index contributed by atoms with van der Waals surface area (Å²) in [5.74, 6) is 0. The fourth-order valence-corrected chi connectivity index (χ4v) is 7.77. The molecule has 0 saturated heterocycles. The highest BCUT2D eigenvalue weighted by molar-refractivity contribution is 5.87. The maximum Gasteiger partial charge on any atom is 0.0465 e. The van der Waals surface area contributed by atoms with Crippen molar-refractivity contribution < 1.29 is 0 Å². The van der Waals surface area contributed by atoms with Crippen LogP contribution < -0.4 is 9.80 Å². The number of aryl methyl sites for hydroxylation is 1. The topological polar surface area (TPSA) is 6.48 Å². The first-order chi connectivity index (χ1) is 26.1. The molecule has 7 aromatic rings. The van der Waals surface area contributed by atoms with Gasteiger partial charge in [0.05, 0.1) is 0 Å². The van der Waals surface area contributed by atoms with Crippen LogP contribution in [0.1, 0.15) is 68.0 Å². The van der Waals surface area contributed by atoms with E-state index in [0.29, 0.717) is 0 Å². The van der Waals surface area contributed by atoms with Gasteiger partial charge in [-0.15, -0.1) is 0 Å². The smallest absolute Gasteiger partial charge is 0.0465 e. The van der Waals surface area contributed by atoms with Crippen molar-refractivity contribution in [1.82, 2.24) is 0 Å². The van der Waals surface area contributed by atoms with Crippen molar-refractivity contribution in [1.29, 1.82) is 0 Å². The monoisotopic (exact) mass is 700 g/mol. The van der Waals surface area contributed by atoms with E-state index in [-0.39, 0.29) is 10.8 Å². The van der Waals surface area contributed by atoms with E-state index in [1.165, 1.54) is 50.2 Å². The average molecular weight is 701 g/mol. The molecule has 0 aliphatic heterocycles.